The third-order valence-corrected chi connectivity index (χ3v) is 5.56. The summed E-state index contributed by atoms with van der Waals surface area (Å²) in [6, 6.07) is 3.53. The Morgan fingerprint density at radius 2 is 1.87 bits per heavy atom. The molecule has 1 aromatic rings. The van der Waals surface area contributed by atoms with Crippen LogP contribution in [-0.2, 0) is 9.53 Å². The quantitative estimate of drug-likeness (QED) is 0.241. The van der Waals surface area contributed by atoms with Gasteiger partial charge in [0, 0.05) is 37.8 Å². The van der Waals surface area contributed by atoms with Crippen molar-refractivity contribution in [3.05, 3.63) is 38.4 Å². The van der Waals surface area contributed by atoms with Crippen molar-refractivity contribution in [2.75, 3.05) is 25.0 Å². The van der Waals surface area contributed by atoms with Gasteiger partial charge in [-0.2, -0.15) is 0 Å². The van der Waals surface area contributed by atoms with Gasteiger partial charge >= 0.3 is 5.97 Å². The van der Waals surface area contributed by atoms with Crippen LogP contribution in [0.2, 0.25) is 0 Å². The van der Waals surface area contributed by atoms with E-state index in [2.05, 4.69) is 10.6 Å². The number of nitro benzene ring substituents is 2. The van der Waals surface area contributed by atoms with Gasteiger partial charge in [-0.25, -0.2) is 0 Å². The van der Waals surface area contributed by atoms with E-state index in [0.29, 0.717) is 31.7 Å². The lowest BCUT2D eigenvalue weighted by atomic mass is 9.83. The molecule has 30 heavy (non-hydrogen) atoms. The van der Waals surface area contributed by atoms with Gasteiger partial charge in [0.05, 0.1) is 29.0 Å². The highest BCUT2D eigenvalue weighted by atomic mass is 16.6. The van der Waals surface area contributed by atoms with Crippen LogP contribution in [0.3, 0.4) is 0 Å². The Hall–Kier alpha value is -2.75. The number of esters is 1. The van der Waals surface area contributed by atoms with Gasteiger partial charge in [-0.3, -0.25) is 25.0 Å². The smallest absolute Gasteiger partial charge is 0.306 e. The van der Waals surface area contributed by atoms with E-state index in [-0.39, 0.29) is 23.0 Å². The lowest BCUT2D eigenvalue weighted by molar-refractivity contribution is -0.665. The number of non-ortho nitro benzene ring substituents is 1. The van der Waals surface area contributed by atoms with E-state index >= 15 is 0 Å². The van der Waals surface area contributed by atoms with E-state index in [1.54, 1.807) is 0 Å². The molecule has 0 radical (unpaired) electrons. The van der Waals surface area contributed by atoms with Crippen molar-refractivity contribution >= 4 is 23.0 Å². The van der Waals surface area contributed by atoms with Crippen LogP contribution < -0.4 is 10.6 Å². The van der Waals surface area contributed by atoms with Crippen molar-refractivity contribution in [2.24, 2.45) is 5.92 Å². The van der Waals surface area contributed by atoms with Crippen molar-refractivity contribution in [1.29, 1.82) is 0 Å². The number of carbonyl (C=O) groups excluding carboxylic acids is 1. The fourth-order valence-electron chi connectivity index (χ4n) is 3.78. The summed E-state index contributed by atoms with van der Waals surface area (Å²) in [5.41, 5.74) is -0.839. The molecule has 0 aliphatic carbocycles. The molecule has 0 amide bonds. The monoisotopic (exact) mass is 423 g/mol. The van der Waals surface area contributed by atoms with Crippen LogP contribution in [0.1, 0.15) is 52.4 Å². The first-order valence-corrected chi connectivity index (χ1v) is 10.4. The van der Waals surface area contributed by atoms with E-state index in [9.17, 15) is 25.0 Å². The first kappa shape index (κ1) is 23.5. The van der Waals surface area contributed by atoms with Gasteiger partial charge in [0.15, 0.2) is 0 Å². The van der Waals surface area contributed by atoms with Gasteiger partial charge < -0.3 is 15.4 Å². The second kappa shape index (κ2) is 10.9. The predicted octanol–water partition coefficient (Wildman–Crippen LogP) is 2.77. The number of piperidine rings is 1. The molecule has 0 aromatic heterocycles. The molecule has 10 heteroatoms. The number of quaternary nitrogens is 1. The maximum Gasteiger partial charge on any atom is 0.306 e. The fourth-order valence-corrected chi connectivity index (χ4v) is 3.78. The molecule has 10 nitrogen and oxygen atoms in total. The lowest BCUT2D eigenvalue weighted by Crippen LogP contribution is -2.86. The zero-order valence-corrected chi connectivity index (χ0v) is 17.6. The molecule has 1 heterocycles. The van der Waals surface area contributed by atoms with Gasteiger partial charge in [0.2, 0.25) is 0 Å². The van der Waals surface area contributed by atoms with Crippen molar-refractivity contribution in [1.82, 2.24) is 0 Å². The first-order valence-electron chi connectivity index (χ1n) is 10.4. The Labute approximate surface area is 175 Å². The molecule has 0 atom stereocenters. The summed E-state index contributed by atoms with van der Waals surface area (Å²) >= 11 is 0. The van der Waals surface area contributed by atoms with Crippen LogP contribution in [0.25, 0.3) is 0 Å². The number of rotatable bonds is 11. The molecule has 0 saturated carbocycles. The number of unbranched alkanes of at least 4 members (excludes halogenated alkanes) is 2. The van der Waals surface area contributed by atoms with Crippen molar-refractivity contribution < 1.29 is 24.7 Å². The number of carbonyl (C=O) groups is 1. The first-order chi connectivity index (χ1) is 14.2. The number of nitrogens with zero attached hydrogens (tertiary/aromatic N) is 2. The normalized spacial score (nSPS) is 14.9. The Kier molecular flexibility index (Phi) is 8.52. The zero-order chi connectivity index (χ0) is 22.1. The van der Waals surface area contributed by atoms with Gasteiger partial charge in [-0.1, -0.05) is 6.42 Å². The Balaban J connectivity index is 1.70. The fraction of sp³-hybridized carbons (Fsp3) is 0.650. The number of nitrogens with two attached hydrogens (primary N) is 1. The third kappa shape index (κ3) is 6.94. The number of nitro groups is 2. The minimum Gasteiger partial charge on any atom is -0.459 e. The van der Waals surface area contributed by atoms with Crippen LogP contribution >= 0.6 is 0 Å². The Morgan fingerprint density at radius 1 is 1.17 bits per heavy atom. The van der Waals surface area contributed by atoms with Gasteiger partial charge in [0.1, 0.15) is 11.3 Å². The highest BCUT2D eigenvalue weighted by Crippen LogP contribution is 2.29. The van der Waals surface area contributed by atoms with Crippen molar-refractivity contribution in [2.45, 2.75) is 58.0 Å². The van der Waals surface area contributed by atoms with E-state index < -0.39 is 15.4 Å². The zero-order valence-electron chi connectivity index (χ0n) is 17.6. The van der Waals surface area contributed by atoms with E-state index in [1.165, 1.54) is 12.1 Å². The number of benzene rings is 1. The average Bonchev–Trinajstić information content (AvgIpc) is 2.70. The molecule has 0 bridgehead atoms. The summed E-state index contributed by atoms with van der Waals surface area (Å²) < 4.78 is 5.73. The number of ether oxygens (including phenoxy) is 1. The second-order valence-electron chi connectivity index (χ2n) is 8.17. The summed E-state index contributed by atoms with van der Waals surface area (Å²) in [7, 11) is 0. The minimum absolute atomic E-state index is 0.187. The molecule has 1 saturated heterocycles. The van der Waals surface area contributed by atoms with Crippen molar-refractivity contribution in [3.8, 4) is 0 Å². The van der Waals surface area contributed by atoms with Crippen LogP contribution in [0.4, 0.5) is 17.1 Å². The number of anilines is 1. The summed E-state index contributed by atoms with van der Waals surface area (Å²) in [6.45, 7) is 6.60. The van der Waals surface area contributed by atoms with Gasteiger partial charge in [0.25, 0.3) is 11.4 Å². The number of hydrogen-bond acceptors (Lipinski definition) is 7. The molecule has 1 aromatic carbocycles. The van der Waals surface area contributed by atoms with Crippen LogP contribution in [0, 0.1) is 26.1 Å². The average molecular weight is 423 g/mol. The molecular formula is C20H31N4O6+. The van der Waals surface area contributed by atoms with E-state index in [1.807, 2.05) is 13.8 Å². The van der Waals surface area contributed by atoms with E-state index in [0.717, 1.165) is 38.4 Å². The largest absolute Gasteiger partial charge is 0.459 e. The highest BCUT2D eigenvalue weighted by molar-refractivity contribution is 5.69. The number of hydrogen-bond donors (Lipinski definition) is 2. The SMILES string of the molecule is CC(C)(OC(=O)CCCCCNc1ccc([N+](=O)[O-])cc1[N+](=O)[O-])C1CC[NH2+]CC1. The third-order valence-electron chi connectivity index (χ3n) is 5.56. The molecule has 0 spiro atoms. The predicted molar refractivity (Wildman–Crippen MR) is 111 cm³/mol. The standard InChI is InChI=1S/C20H30N4O6/c1-20(2,15-9-12-21-13-10-15)30-19(25)6-4-3-5-11-22-17-8-7-16(23(26)27)14-18(17)24(28)29/h7-8,14-15,21-22H,3-6,9-13H2,1-2H3/p+1. The topological polar surface area (TPSA) is 141 Å². The Bertz CT molecular complexity index is 762. The van der Waals surface area contributed by atoms with Crippen LogP contribution in [-0.4, -0.2) is 41.1 Å². The summed E-state index contributed by atoms with van der Waals surface area (Å²) in [4.78, 5) is 32.8. The van der Waals surface area contributed by atoms with Gasteiger partial charge in [-0.15, -0.1) is 0 Å². The number of nitrogens with one attached hydrogen (secondary N) is 1. The molecule has 2 rings (SSSR count). The van der Waals surface area contributed by atoms with Crippen LogP contribution in [0.5, 0.6) is 0 Å². The highest BCUT2D eigenvalue weighted by Gasteiger charge is 2.35. The molecule has 1 fully saturated rings. The lowest BCUT2D eigenvalue weighted by Gasteiger charge is -2.35. The maximum absolute atomic E-state index is 12.2. The summed E-state index contributed by atoms with van der Waals surface area (Å²) in [5.74, 6) is 0.210. The van der Waals surface area contributed by atoms with Crippen LogP contribution in [0.15, 0.2) is 18.2 Å². The minimum atomic E-state index is -0.663. The molecule has 1 aliphatic rings. The molecule has 0 unspecified atom stereocenters. The molecule has 166 valence electrons. The van der Waals surface area contributed by atoms with E-state index in [4.69, 9.17) is 4.74 Å². The van der Waals surface area contributed by atoms with Gasteiger partial charge in [-0.05, 0) is 32.8 Å². The molecule has 3 N–H and O–H groups in total. The molecule has 1 aliphatic heterocycles. The Morgan fingerprint density at radius 3 is 2.50 bits per heavy atom. The maximum atomic E-state index is 12.2. The van der Waals surface area contributed by atoms with Crippen molar-refractivity contribution in [3.63, 3.8) is 0 Å². The molecular weight excluding hydrogens is 392 g/mol. The summed E-state index contributed by atoms with van der Waals surface area (Å²) in [6.07, 6.45) is 4.61. The summed E-state index contributed by atoms with van der Waals surface area (Å²) in [5, 5.41) is 27.1. The second-order valence-corrected chi connectivity index (χ2v) is 8.17.